The molecule has 1 N–H and O–H groups in total. The molecule has 1 atom stereocenters. The topological polar surface area (TPSA) is 80.0 Å². The molecule has 0 bridgehead atoms. The van der Waals surface area contributed by atoms with Crippen LogP contribution in [0.3, 0.4) is 0 Å². The molecule has 0 fully saturated rings. The Labute approximate surface area is 198 Å². The molecule has 0 aliphatic carbocycles. The summed E-state index contributed by atoms with van der Waals surface area (Å²) in [4.78, 5) is 28.9. The highest BCUT2D eigenvalue weighted by Gasteiger charge is 2.45. The number of aliphatic hydroxyl groups is 1. The zero-order chi connectivity index (χ0) is 23.1. The zero-order valence-electron chi connectivity index (χ0n) is 17.4. The standard InChI is InChI=1S/C25H18ClNO5S/c1-31-17-5-2-4-14(10-17)13-27-22(20-6-3-9-33-20)21(24(29)25(27)30)23(28)19-12-15-11-16(26)7-8-18(15)32-19/h2-12,22,29H,13H2,1H3. The number of hydrogen-bond acceptors (Lipinski definition) is 6. The summed E-state index contributed by atoms with van der Waals surface area (Å²) < 4.78 is 11.0. The van der Waals surface area contributed by atoms with Crippen LogP contribution in [0.1, 0.15) is 27.0 Å². The number of Topliss-reactive ketones (excluding diaryl/α,β-unsaturated/α-hetero) is 1. The first kappa shape index (κ1) is 21.3. The lowest BCUT2D eigenvalue weighted by molar-refractivity contribution is -0.130. The molecule has 2 aromatic carbocycles. The number of furan rings is 1. The molecule has 4 aromatic rings. The van der Waals surface area contributed by atoms with Crippen molar-refractivity contribution in [3.05, 3.63) is 98.6 Å². The van der Waals surface area contributed by atoms with Gasteiger partial charge in [-0.25, -0.2) is 0 Å². The summed E-state index contributed by atoms with van der Waals surface area (Å²) in [5.74, 6) is -1.04. The zero-order valence-corrected chi connectivity index (χ0v) is 19.0. The van der Waals surface area contributed by atoms with Crippen LogP contribution in [0.5, 0.6) is 5.75 Å². The molecule has 2 aromatic heterocycles. The highest BCUT2D eigenvalue weighted by Crippen LogP contribution is 2.42. The summed E-state index contributed by atoms with van der Waals surface area (Å²) in [6.45, 7) is 0.190. The fraction of sp³-hybridized carbons (Fsp3) is 0.120. The molecule has 0 radical (unpaired) electrons. The third kappa shape index (κ3) is 3.79. The molecular formula is C25H18ClNO5S. The van der Waals surface area contributed by atoms with Crippen molar-refractivity contribution in [3.8, 4) is 5.75 Å². The largest absolute Gasteiger partial charge is 0.503 e. The Morgan fingerprint density at radius 2 is 2.03 bits per heavy atom. The minimum Gasteiger partial charge on any atom is -0.503 e. The predicted molar refractivity (Wildman–Crippen MR) is 126 cm³/mol. The molecule has 6 nitrogen and oxygen atoms in total. The van der Waals surface area contributed by atoms with Crippen LogP contribution in [0.2, 0.25) is 5.02 Å². The van der Waals surface area contributed by atoms with Crippen molar-refractivity contribution in [2.24, 2.45) is 0 Å². The number of carbonyl (C=O) groups is 2. The number of hydrogen-bond donors (Lipinski definition) is 1. The van der Waals surface area contributed by atoms with E-state index in [1.807, 2.05) is 41.8 Å². The molecule has 1 aliphatic heterocycles. The highest BCUT2D eigenvalue weighted by molar-refractivity contribution is 7.10. The molecule has 33 heavy (non-hydrogen) atoms. The van der Waals surface area contributed by atoms with Gasteiger partial charge in [0.25, 0.3) is 5.91 Å². The van der Waals surface area contributed by atoms with Crippen molar-refractivity contribution in [2.75, 3.05) is 7.11 Å². The first-order valence-corrected chi connectivity index (χ1v) is 11.4. The van der Waals surface area contributed by atoms with Crippen molar-refractivity contribution in [2.45, 2.75) is 12.6 Å². The quantitative estimate of drug-likeness (QED) is 0.346. The van der Waals surface area contributed by atoms with Gasteiger partial charge in [-0.05, 0) is 53.4 Å². The smallest absolute Gasteiger partial charge is 0.290 e. The average molecular weight is 480 g/mol. The second kappa shape index (κ2) is 8.42. The van der Waals surface area contributed by atoms with Crippen molar-refractivity contribution >= 4 is 45.6 Å². The van der Waals surface area contributed by atoms with Crippen molar-refractivity contribution in [3.63, 3.8) is 0 Å². The number of nitrogens with zero attached hydrogens (tertiary/aromatic N) is 1. The Balaban J connectivity index is 1.56. The van der Waals surface area contributed by atoms with E-state index in [0.717, 1.165) is 10.4 Å². The molecule has 0 saturated heterocycles. The van der Waals surface area contributed by atoms with Gasteiger partial charge in [0.15, 0.2) is 11.5 Å². The molecule has 3 heterocycles. The number of amides is 1. The van der Waals surface area contributed by atoms with E-state index in [0.29, 0.717) is 21.7 Å². The number of ketones is 1. The van der Waals surface area contributed by atoms with Crippen LogP contribution in [-0.4, -0.2) is 28.8 Å². The fourth-order valence-electron chi connectivity index (χ4n) is 4.02. The van der Waals surface area contributed by atoms with Gasteiger partial charge in [0.2, 0.25) is 5.78 Å². The van der Waals surface area contributed by atoms with E-state index in [4.69, 9.17) is 20.8 Å². The number of benzene rings is 2. The van der Waals surface area contributed by atoms with Gasteiger partial charge >= 0.3 is 0 Å². The first-order valence-electron chi connectivity index (χ1n) is 10.1. The monoisotopic (exact) mass is 479 g/mol. The fourth-order valence-corrected chi connectivity index (χ4v) is 5.04. The normalized spacial score (nSPS) is 16.1. The number of aliphatic hydroxyl groups excluding tert-OH is 1. The summed E-state index contributed by atoms with van der Waals surface area (Å²) >= 11 is 7.46. The molecule has 0 saturated carbocycles. The maximum Gasteiger partial charge on any atom is 0.290 e. The molecule has 166 valence electrons. The van der Waals surface area contributed by atoms with Gasteiger partial charge in [-0.1, -0.05) is 29.8 Å². The number of carbonyl (C=O) groups excluding carboxylic acids is 2. The third-order valence-electron chi connectivity index (χ3n) is 5.55. The second-order valence-electron chi connectivity index (χ2n) is 7.59. The molecule has 1 unspecified atom stereocenters. The summed E-state index contributed by atoms with van der Waals surface area (Å²) in [6.07, 6.45) is 0. The summed E-state index contributed by atoms with van der Waals surface area (Å²) in [5, 5.41) is 13.9. The first-order chi connectivity index (χ1) is 16.0. The number of rotatable bonds is 6. The maximum atomic E-state index is 13.5. The summed E-state index contributed by atoms with van der Waals surface area (Å²) in [7, 11) is 1.57. The van der Waals surface area contributed by atoms with Gasteiger partial charge in [0, 0.05) is 21.8 Å². The van der Waals surface area contributed by atoms with Crippen LogP contribution in [0.15, 0.2) is 81.8 Å². The van der Waals surface area contributed by atoms with Gasteiger partial charge in [-0.2, -0.15) is 0 Å². The van der Waals surface area contributed by atoms with Crippen molar-refractivity contribution in [1.29, 1.82) is 0 Å². The lowest BCUT2D eigenvalue weighted by Crippen LogP contribution is -2.30. The van der Waals surface area contributed by atoms with Crippen LogP contribution in [0.4, 0.5) is 0 Å². The van der Waals surface area contributed by atoms with Crippen LogP contribution in [0.25, 0.3) is 11.0 Å². The van der Waals surface area contributed by atoms with Crippen molar-refractivity contribution in [1.82, 2.24) is 4.90 Å². The SMILES string of the molecule is COc1cccc(CN2C(=O)C(O)=C(C(=O)c3cc4cc(Cl)ccc4o3)C2c2cccs2)c1. The second-order valence-corrected chi connectivity index (χ2v) is 9.00. The lowest BCUT2D eigenvalue weighted by atomic mass is 10.00. The summed E-state index contributed by atoms with van der Waals surface area (Å²) in [6, 6.07) is 16.9. The van der Waals surface area contributed by atoms with Gasteiger partial charge < -0.3 is 19.2 Å². The van der Waals surface area contributed by atoms with Crippen LogP contribution < -0.4 is 4.74 Å². The van der Waals surface area contributed by atoms with Crippen LogP contribution >= 0.6 is 22.9 Å². The number of fused-ring (bicyclic) bond motifs is 1. The number of ether oxygens (including phenoxy) is 1. The Morgan fingerprint density at radius 1 is 1.18 bits per heavy atom. The average Bonchev–Trinajstić information content (AvgIpc) is 3.54. The number of thiophene rings is 1. The molecule has 1 amide bonds. The van der Waals surface area contributed by atoms with E-state index < -0.39 is 23.5 Å². The van der Waals surface area contributed by atoms with Crippen LogP contribution in [-0.2, 0) is 11.3 Å². The molecular weight excluding hydrogens is 462 g/mol. The molecule has 8 heteroatoms. The highest BCUT2D eigenvalue weighted by atomic mass is 35.5. The molecule has 1 aliphatic rings. The minimum absolute atomic E-state index is 0.00417. The van der Waals surface area contributed by atoms with Gasteiger partial charge in [-0.3, -0.25) is 9.59 Å². The van der Waals surface area contributed by atoms with E-state index in [-0.39, 0.29) is 17.9 Å². The van der Waals surface area contributed by atoms with E-state index in [2.05, 4.69) is 0 Å². The Bertz CT molecular complexity index is 1410. The Hall–Kier alpha value is -3.55. The van der Waals surface area contributed by atoms with Gasteiger partial charge in [-0.15, -0.1) is 11.3 Å². The maximum absolute atomic E-state index is 13.5. The van der Waals surface area contributed by atoms with E-state index in [9.17, 15) is 14.7 Å². The Morgan fingerprint density at radius 3 is 2.79 bits per heavy atom. The lowest BCUT2D eigenvalue weighted by Gasteiger charge is -2.25. The van der Waals surface area contributed by atoms with E-state index in [1.165, 1.54) is 16.2 Å². The number of methoxy groups -OCH3 is 1. The third-order valence-corrected chi connectivity index (χ3v) is 6.71. The van der Waals surface area contributed by atoms with E-state index in [1.54, 1.807) is 31.4 Å². The summed E-state index contributed by atoms with van der Waals surface area (Å²) in [5.41, 5.74) is 1.30. The van der Waals surface area contributed by atoms with Gasteiger partial charge in [0.05, 0.1) is 12.7 Å². The predicted octanol–water partition coefficient (Wildman–Crippen LogP) is 5.93. The Kier molecular flexibility index (Phi) is 5.44. The van der Waals surface area contributed by atoms with Crippen molar-refractivity contribution < 1.29 is 23.8 Å². The number of halogens is 1. The minimum atomic E-state index is -0.743. The van der Waals surface area contributed by atoms with E-state index >= 15 is 0 Å². The van der Waals surface area contributed by atoms with Gasteiger partial charge in [0.1, 0.15) is 17.4 Å². The molecule has 5 rings (SSSR count). The molecule has 0 spiro atoms. The van der Waals surface area contributed by atoms with Crippen LogP contribution in [0, 0.1) is 0 Å².